The van der Waals surface area contributed by atoms with Gasteiger partial charge >= 0.3 is 6.09 Å². The van der Waals surface area contributed by atoms with Gasteiger partial charge in [0.25, 0.3) is 0 Å². The zero-order valence-corrected chi connectivity index (χ0v) is 17.7. The van der Waals surface area contributed by atoms with Crippen molar-refractivity contribution in [2.45, 2.75) is 46.1 Å². The molecule has 0 atom stereocenters. The molecule has 150 valence electrons. The van der Waals surface area contributed by atoms with Crippen LogP contribution in [-0.4, -0.2) is 27.7 Å². The predicted molar refractivity (Wildman–Crippen MR) is 109 cm³/mol. The topological polar surface area (TPSA) is 75.7 Å². The smallest absolute Gasteiger partial charge is 0.414 e. The molecule has 0 spiro atoms. The van der Waals surface area contributed by atoms with Crippen molar-refractivity contribution < 1.29 is 17.9 Å². The summed E-state index contributed by atoms with van der Waals surface area (Å²) >= 11 is 0. The molecule has 1 heterocycles. The maximum absolute atomic E-state index is 13.1. The minimum Gasteiger partial charge on any atom is -0.447 e. The van der Waals surface area contributed by atoms with Crippen molar-refractivity contribution in [3.8, 4) is 0 Å². The second kappa shape index (κ2) is 7.56. The van der Waals surface area contributed by atoms with Crippen LogP contribution in [0.2, 0.25) is 0 Å². The summed E-state index contributed by atoms with van der Waals surface area (Å²) in [6, 6.07) is 7.26. The van der Waals surface area contributed by atoms with Gasteiger partial charge < -0.3 is 4.74 Å². The van der Waals surface area contributed by atoms with E-state index < -0.39 is 10.0 Å². The highest BCUT2D eigenvalue weighted by Crippen LogP contribution is 2.29. The number of rotatable bonds is 5. The minimum atomic E-state index is -3.68. The van der Waals surface area contributed by atoms with Crippen molar-refractivity contribution in [2.75, 3.05) is 18.1 Å². The maximum Gasteiger partial charge on any atom is 0.414 e. The van der Waals surface area contributed by atoms with E-state index in [0.29, 0.717) is 23.7 Å². The second-order valence-electron chi connectivity index (χ2n) is 7.21. The summed E-state index contributed by atoms with van der Waals surface area (Å²) in [6.07, 6.45) is -0.380. The van der Waals surface area contributed by atoms with Crippen molar-refractivity contribution in [1.29, 1.82) is 0 Å². The SMILES string of the molecule is Cc1c(C)c(C)c(S(=O)(=O)NCc2cccc(N3CCOC3=O)c2)c(C)c1C. The Bertz CT molecular complexity index is 1020. The standard InChI is InChI=1S/C21H26N2O4S/c1-13-14(2)16(4)20(17(5)15(13)3)28(25,26)22-12-18-7-6-8-19(11-18)23-9-10-27-21(23)24/h6-8,11,22H,9-10,12H2,1-5H3. The molecule has 1 saturated heterocycles. The quantitative estimate of drug-likeness (QED) is 0.828. The molecule has 1 aliphatic rings. The second-order valence-corrected chi connectivity index (χ2v) is 8.92. The van der Waals surface area contributed by atoms with Gasteiger partial charge in [-0.05, 0) is 80.1 Å². The lowest BCUT2D eigenvalue weighted by molar-refractivity contribution is 0.181. The van der Waals surface area contributed by atoms with Crippen LogP contribution in [0.1, 0.15) is 33.4 Å². The molecule has 0 bridgehead atoms. The average Bonchev–Trinajstić information content (AvgIpc) is 3.09. The summed E-state index contributed by atoms with van der Waals surface area (Å²) in [5, 5.41) is 0. The molecule has 1 fully saturated rings. The van der Waals surface area contributed by atoms with Crippen molar-refractivity contribution >= 4 is 21.8 Å². The average molecular weight is 403 g/mol. The van der Waals surface area contributed by atoms with Gasteiger partial charge in [0.1, 0.15) is 6.61 Å². The Morgan fingerprint density at radius 1 is 1.00 bits per heavy atom. The van der Waals surface area contributed by atoms with Crippen LogP contribution in [0, 0.1) is 34.6 Å². The van der Waals surface area contributed by atoms with Crippen LogP contribution in [0.5, 0.6) is 0 Å². The Morgan fingerprint density at radius 2 is 1.61 bits per heavy atom. The van der Waals surface area contributed by atoms with Crippen LogP contribution < -0.4 is 9.62 Å². The van der Waals surface area contributed by atoms with Gasteiger partial charge in [0.2, 0.25) is 10.0 Å². The molecular weight excluding hydrogens is 376 g/mol. The lowest BCUT2D eigenvalue weighted by Gasteiger charge is -2.19. The Hall–Kier alpha value is -2.38. The fourth-order valence-corrected chi connectivity index (χ4v) is 5.19. The third-order valence-corrected chi connectivity index (χ3v) is 7.32. The molecule has 2 aromatic carbocycles. The molecule has 1 N–H and O–H groups in total. The number of hydrogen-bond acceptors (Lipinski definition) is 4. The van der Waals surface area contributed by atoms with Gasteiger partial charge in [0, 0.05) is 12.2 Å². The van der Waals surface area contributed by atoms with E-state index >= 15 is 0 Å². The third-order valence-electron chi connectivity index (χ3n) is 5.65. The number of anilines is 1. The molecule has 3 rings (SSSR count). The van der Waals surface area contributed by atoms with Crippen molar-refractivity contribution in [1.82, 2.24) is 4.72 Å². The molecule has 7 heteroatoms. The molecule has 0 aromatic heterocycles. The minimum absolute atomic E-state index is 0.143. The summed E-state index contributed by atoms with van der Waals surface area (Å²) in [6.45, 7) is 10.6. The molecule has 28 heavy (non-hydrogen) atoms. The summed E-state index contributed by atoms with van der Waals surface area (Å²) in [4.78, 5) is 13.6. The van der Waals surface area contributed by atoms with Crippen LogP contribution in [0.4, 0.5) is 10.5 Å². The Labute approximate surface area is 166 Å². The number of carbonyl (C=O) groups excluding carboxylic acids is 1. The van der Waals surface area contributed by atoms with Crippen molar-refractivity contribution in [2.24, 2.45) is 0 Å². The van der Waals surface area contributed by atoms with E-state index in [4.69, 9.17) is 4.74 Å². The van der Waals surface area contributed by atoms with E-state index in [-0.39, 0.29) is 12.6 Å². The van der Waals surface area contributed by atoms with Gasteiger partial charge in [-0.2, -0.15) is 0 Å². The number of nitrogens with one attached hydrogen (secondary N) is 1. The van der Waals surface area contributed by atoms with Crippen LogP contribution >= 0.6 is 0 Å². The van der Waals surface area contributed by atoms with Gasteiger partial charge in [-0.1, -0.05) is 12.1 Å². The monoisotopic (exact) mass is 402 g/mol. The van der Waals surface area contributed by atoms with Crippen molar-refractivity contribution in [3.05, 3.63) is 57.6 Å². The van der Waals surface area contributed by atoms with Crippen LogP contribution in [-0.2, 0) is 21.3 Å². The molecule has 1 amide bonds. The number of sulfonamides is 1. The van der Waals surface area contributed by atoms with Crippen LogP contribution in [0.3, 0.4) is 0 Å². The highest BCUT2D eigenvalue weighted by atomic mass is 32.2. The first-order valence-electron chi connectivity index (χ1n) is 9.23. The molecule has 1 aliphatic heterocycles. The predicted octanol–water partition coefficient (Wildman–Crippen LogP) is 3.66. The van der Waals surface area contributed by atoms with Crippen LogP contribution in [0.25, 0.3) is 0 Å². The fraction of sp³-hybridized carbons (Fsp3) is 0.381. The lowest BCUT2D eigenvalue weighted by Crippen LogP contribution is -2.26. The van der Waals surface area contributed by atoms with E-state index in [1.54, 1.807) is 17.0 Å². The first-order valence-corrected chi connectivity index (χ1v) is 10.7. The van der Waals surface area contributed by atoms with Crippen molar-refractivity contribution in [3.63, 3.8) is 0 Å². The van der Waals surface area contributed by atoms with E-state index in [2.05, 4.69) is 4.72 Å². The maximum atomic E-state index is 13.1. The number of hydrogen-bond donors (Lipinski definition) is 1. The highest BCUT2D eigenvalue weighted by molar-refractivity contribution is 7.89. The first-order chi connectivity index (χ1) is 13.1. The number of cyclic esters (lactones) is 1. The van der Waals surface area contributed by atoms with Gasteiger partial charge in [0.15, 0.2) is 0 Å². The summed E-state index contributed by atoms with van der Waals surface area (Å²) in [5.41, 5.74) is 6.16. The van der Waals surface area contributed by atoms with E-state index in [9.17, 15) is 13.2 Å². The summed E-state index contributed by atoms with van der Waals surface area (Å²) < 4.78 is 33.8. The zero-order valence-electron chi connectivity index (χ0n) is 16.9. The molecule has 2 aromatic rings. The van der Waals surface area contributed by atoms with Crippen LogP contribution in [0.15, 0.2) is 29.2 Å². The van der Waals surface area contributed by atoms with E-state index in [1.807, 2.05) is 46.8 Å². The Morgan fingerprint density at radius 3 is 2.18 bits per heavy atom. The zero-order chi connectivity index (χ0) is 20.6. The first kappa shape index (κ1) is 20.4. The molecular formula is C21H26N2O4S. The summed E-state index contributed by atoms with van der Waals surface area (Å²) in [7, 11) is -3.68. The Balaban J connectivity index is 1.86. The van der Waals surface area contributed by atoms with Gasteiger partial charge in [0.05, 0.1) is 11.4 Å². The number of amides is 1. The van der Waals surface area contributed by atoms with Gasteiger partial charge in [-0.3, -0.25) is 4.90 Å². The molecule has 0 saturated carbocycles. The summed E-state index contributed by atoms with van der Waals surface area (Å²) in [5.74, 6) is 0. The highest BCUT2D eigenvalue weighted by Gasteiger charge is 2.25. The van der Waals surface area contributed by atoms with E-state index in [0.717, 1.165) is 33.4 Å². The Kier molecular flexibility index (Phi) is 5.50. The molecule has 0 unspecified atom stereocenters. The molecule has 0 radical (unpaired) electrons. The largest absolute Gasteiger partial charge is 0.447 e. The van der Waals surface area contributed by atoms with E-state index in [1.165, 1.54) is 0 Å². The number of nitrogens with zero attached hydrogens (tertiary/aromatic N) is 1. The number of ether oxygens (including phenoxy) is 1. The van der Waals surface area contributed by atoms with Gasteiger partial charge in [-0.15, -0.1) is 0 Å². The normalized spacial score (nSPS) is 14.5. The number of carbonyl (C=O) groups is 1. The fourth-order valence-electron chi connectivity index (χ4n) is 3.58. The van der Waals surface area contributed by atoms with Gasteiger partial charge in [-0.25, -0.2) is 17.9 Å². The molecule has 0 aliphatic carbocycles. The lowest BCUT2D eigenvalue weighted by atomic mass is 9.95. The molecule has 6 nitrogen and oxygen atoms in total. The number of benzene rings is 2. The third kappa shape index (κ3) is 3.64.